The van der Waals surface area contributed by atoms with E-state index in [9.17, 15) is 19.2 Å². The van der Waals surface area contributed by atoms with Crippen LogP contribution < -0.4 is 0 Å². The molecule has 2 heterocycles. The molecule has 0 aromatic rings. The first kappa shape index (κ1) is 28.0. The van der Waals surface area contributed by atoms with Crippen molar-refractivity contribution >= 4 is 23.6 Å². The van der Waals surface area contributed by atoms with Crippen LogP contribution in [0.1, 0.15) is 71.1 Å². The van der Waals surface area contributed by atoms with Crippen molar-refractivity contribution in [2.45, 2.75) is 71.1 Å². The maximum atomic E-state index is 13.8. The Balaban J connectivity index is 1.13. The van der Waals surface area contributed by atoms with E-state index in [0.717, 1.165) is 41.6 Å². The van der Waals surface area contributed by atoms with Gasteiger partial charge in [0.15, 0.2) is 0 Å². The molecule has 7 aliphatic rings. The zero-order valence-electron chi connectivity index (χ0n) is 25.2. The Hall–Kier alpha value is -3.80. The van der Waals surface area contributed by atoms with E-state index < -0.39 is 0 Å². The molecule has 6 nitrogen and oxygen atoms in total. The summed E-state index contributed by atoms with van der Waals surface area (Å²) in [5.74, 6) is -1.65. The number of allylic oxidation sites excluding steroid dienone is 12. The van der Waals surface area contributed by atoms with Gasteiger partial charge in [-0.25, -0.2) is 0 Å². The normalized spacial score (nSPS) is 28.1. The number of rotatable bonds is 11. The van der Waals surface area contributed by atoms with Crippen LogP contribution in [0.4, 0.5) is 0 Å². The first-order chi connectivity index (χ1) is 20.9. The maximum Gasteiger partial charge on any atom is 0.257 e. The number of imide groups is 2. The average Bonchev–Trinajstić information content (AvgIpc) is 3.02. The number of unbranched alkanes of at least 4 members (excludes halogenated alkanes) is 9. The molecule has 0 bridgehead atoms. The second-order valence-corrected chi connectivity index (χ2v) is 13.0. The minimum Gasteiger partial charge on any atom is -0.278 e. The fourth-order valence-corrected chi connectivity index (χ4v) is 8.42. The third-order valence-electron chi connectivity index (χ3n) is 10.6. The van der Waals surface area contributed by atoms with Gasteiger partial charge in [-0.05, 0) is 28.7 Å². The highest BCUT2D eigenvalue weighted by atomic mass is 16.2. The summed E-state index contributed by atoms with van der Waals surface area (Å²) < 4.78 is 0. The lowest BCUT2D eigenvalue weighted by atomic mass is 9.52. The first-order valence-electron chi connectivity index (χ1n) is 16.3. The number of piperidine rings is 2. The Kier molecular flexibility index (Phi) is 7.19. The summed E-state index contributed by atoms with van der Waals surface area (Å²) >= 11 is 0. The zero-order valence-corrected chi connectivity index (χ0v) is 25.2. The van der Waals surface area contributed by atoms with E-state index in [-0.39, 0.29) is 47.3 Å². The molecule has 0 atom stereocenters. The number of likely N-dealkylation sites (tertiary alicyclic amines) is 2. The summed E-state index contributed by atoms with van der Waals surface area (Å²) in [4.78, 5) is 56.4. The molecule has 222 valence electrons. The molecule has 2 aliphatic heterocycles. The fraction of sp³-hybridized carbons (Fsp3) is 0.459. The molecule has 3 fully saturated rings. The van der Waals surface area contributed by atoms with Crippen LogP contribution >= 0.6 is 0 Å². The number of amides is 4. The van der Waals surface area contributed by atoms with Gasteiger partial charge in [-0.3, -0.25) is 29.0 Å². The standard InChI is InChI=1S/C37H40N2O4/c1-3-4-5-6-7-8-9-10-11-12-21-39-36(42)28-19-15-24-22-13-17-26-32-27(35(41)38(2)34(26)40)18-14-23(30(22)32)25-16-20-29(37(39)43)33(28)31(24)25/h13-20,30-33H,3-12,21H2,1-2H3. The van der Waals surface area contributed by atoms with Crippen LogP contribution in [0.5, 0.6) is 0 Å². The summed E-state index contributed by atoms with van der Waals surface area (Å²) in [6.45, 7) is 2.71. The summed E-state index contributed by atoms with van der Waals surface area (Å²) in [5, 5.41) is 0. The molecule has 43 heavy (non-hydrogen) atoms. The Morgan fingerprint density at radius 2 is 0.744 bits per heavy atom. The van der Waals surface area contributed by atoms with E-state index in [2.05, 4.69) is 19.1 Å². The smallest absolute Gasteiger partial charge is 0.257 e. The number of carbonyl (C=O) groups excluding carboxylic acids is 4. The molecule has 0 N–H and O–H groups in total. The van der Waals surface area contributed by atoms with Crippen molar-refractivity contribution in [1.82, 2.24) is 9.80 Å². The van der Waals surface area contributed by atoms with Crippen LogP contribution in [0.3, 0.4) is 0 Å². The molecule has 6 heteroatoms. The highest BCUT2D eigenvalue weighted by Crippen LogP contribution is 2.61. The lowest BCUT2D eigenvalue weighted by Crippen LogP contribution is -2.53. The quantitative estimate of drug-likeness (QED) is 0.216. The summed E-state index contributed by atoms with van der Waals surface area (Å²) in [5.41, 5.74) is 7.04. The molecule has 0 spiro atoms. The zero-order chi connectivity index (χ0) is 29.8. The van der Waals surface area contributed by atoms with E-state index in [4.69, 9.17) is 0 Å². The highest BCUT2D eigenvalue weighted by molar-refractivity contribution is 6.17. The molecule has 0 radical (unpaired) electrons. The molecule has 0 unspecified atom stereocenters. The SMILES string of the molecule is CCCCCCCCCCCCN1C(=O)C2=CC=C3C4=CC=C5C(=O)N(C)C(=O)C6=CC=C(C7=CC=C(C1=O)C2C37)C4C56. The van der Waals surface area contributed by atoms with Crippen molar-refractivity contribution in [3.05, 3.63) is 93.2 Å². The van der Waals surface area contributed by atoms with Gasteiger partial charge in [0.1, 0.15) is 0 Å². The fourth-order valence-electron chi connectivity index (χ4n) is 8.42. The number of hydrogen-bond acceptors (Lipinski definition) is 4. The second kappa shape index (κ2) is 11.0. The van der Waals surface area contributed by atoms with E-state index in [0.29, 0.717) is 28.8 Å². The Morgan fingerprint density at radius 3 is 1.14 bits per heavy atom. The maximum absolute atomic E-state index is 13.8. The van der Waals surface area contributed by atoms with Gasteiger partial charge in [-0.1, -0.05) is 113 Å². The van der Waals surface area contributed by atoms with Gasteiger partial charge in [0.05, 0.1) is 0 Å². The average molecular weight is 577 g/mol. The van der Waals surface area contributed by atoms with Crippen LogP contribution in [-0.2, 0) is 19.2 Å². The van der Waals surface area contributed by atoms with Crippen LogP contribution in [0.25, 0.3) is 0 Å². The number of fused-ring (bicyclic) bond motifs is 2. The molecule has 5 aliphatic carbocycles. The highest BCUT2D eigenvalue weighted by Gasteiger charge is 2.56. The Labute approximate surface area is 253 Å². The molecule has 7 rings (SSSR count). The van der Waals surface area contributed by atoms with Gasteiger partial charge in [0, 0.05) is 59.6 Å². The molecular weight excluding hydrogens is 536 g/mol. The van der Waals surface area contributed by atoms with Crippen molar-refractivity contribution in [3.8, 4) is 0 Å². The number of nitrogens with zero attached hydrogens (tertiary/aromatic N) is 2. The summed E-state index contributed by atoms with van der Waals surface area (Å²) in [7, 11) is 1.54. The van der Waals surface area contributed by atoms with Crippen molar-refractivity contribution in [2.75, 3.05) is 13.6 Å². The van der Waals surface area contributed by atoms with Crippen molar-refractivity contribution in [2.24, 2.45) is 23.7 Å². The van der Waals surface area contributed by atoms with E-state index >= 15 is 0 Å². The summed E-state index contributed by atoms with van der Waals surface area (Å²) in [6.07, 6.45) is 27.8. The number of hydrogen-bond donors (Lipinski definition) is 0. The van der Waals surface area contributed by atoms with Crippen LogP contribution in [-0.4, -0.2) is 47.0 Å². The van der Waals surface area contributed by atoms with Gasteiger partial charge in [0.2, 0.25) is 0 Å². The largest absolute Gasteiger partial charge is 0.278 e. The first-order valence-corrected chi connectivity index (χ1v) is 16.3. The third kappa shape index (κ3) is 4.28. The molecule has 1 saturated carbocycles. The second-order valence-electron chi connectivity index (χ2n) is 13.0. The Morgan fingerprint density at radius 1 is 0.442 bits per heavy atom. The van der Waals surface area contributed by atoms with E-state index in [1.54, 1.807) is 7.05 Å². The van der Waals surface area contributed by atoms with Crippen molar-refractivity contribution in [3.63, 3.8) is 0 Å². The summed E-state index contributed by atoms with van der Waals surface area (Å²) in [6, 6.07) is 0. The molecule has 4 amide bonds. The minimum absolute atomic E-state index is 0.122. The number of likely N-dealkylation sites (N-methyl/N-ethyl adjacent to an activating group) is 1. The van der Waals surface area contributed by atoms with Crippen molar-refractivity contribution in [1.29, 1.82) is 0 Å². The van der Waals surface area contributed by atoms with Crippen LogP contribution in [0, 0.1) is 23.7 Å². The predicted octanol–water partition coefficient (Wildman–Crippen LogP) is 6.22. The third-order valence-corrected chi connectivity index (χ3v) is 10.6. The molecule has 0 aromatic carbocycles. The number of carbonyl (C=O) groups is 4. The van der Waals surface area contributed by atoms with Gasteiger partial charge in [0.25, 0.3) is 23.6 Å². The molecular formula is C37H40N2O4. The molecule has 0 aromatic heterocycles. The van der Waals surface area contributed by atoms with Crippen LogP contribution in [0.15, 0.2) is 93.2 Å². The van der Waals surface area contributed by atoms with Crippen LogP contribution in [0.2, 0.25) is 0 Å². The van der Waals surface area contributed by atoms with E-state index in [1.165, 1.54) is 54.7 Å². The van der Waals surface area contributed by atoms with Gasteiger partial charge in [-0.2, -0.15) is 0 Å². The van der Waals surface area contributed by atoms with Gasteiger partial charge < -0.3 is 0 Å². The lowest BCUT2D eigenvalue weighted by Gasteiger charge is -2.52. The van der Waals surface area contributed by atoms with E-state index in [1.807, 2.05) is 36.5 Å². The van der Waals surface area contributed by atoms with Gasteiger partial charge in [-0.15, -0.1) is 0 Å². The lowest BCUT2D eigenvalue weighted by molar-refractivity contribution is -0.143. The van der Waals surface area contributed by atoms with Crippen molar-refractivity contribution < 1.29 is 19.2 Å². The minimum atomic E-state index is -0.305. The Bertz CT molecular complexity index is 1470. The monoisotopic (exact) mass is 576 g/mol. The predicted molar refractivity (Wildman–Crippen MR) is 165 cm³/mol. The molecule has 2 saturated heterocycles. The topological polar surface area (TPSA) is 74.8 Å². The van der Waals surface area contributed by atoms with Gasteiger partial charge >= 0.3 is 0 Å².